The van der Waals surface area contributed by atoms with Gasteiger partial charge in [0, 0.05) is 11.1 Å². The molecule has 4 rings (SSSR count). The van der Waals surface area contributed by atoms with E-state index in [0.29, 0.717) is 33.8 Å². The lowest BCUT2D eigenvalue weighted by atomic mass is 10.0. The fraction of sp³-hybridized carbons (Fsp3) is 0.0800. The Hall–Kier alpha value is -3.99. The van der Waals surface area contributed by atoms with Gasteiger partial charge in [0.05, 0.1) is 14.2 Å². The Labute approximate surface area is 174 Å². The number of allylic oxidation sites excluding steroid dienone is 2. The topological polar surface area (TPSA) is 76.0 Å². The number of hydrogen-bond acceptors (Lipinski definition) is 5. The lowest BCUT2D eigenvalue weighted by molar-refractivity contribution is -0.108. The molecule has 30 heavy (non-hydrogen) atoms. The van der Waals surface area contributed by atoms with E-state index in [1.807, 2.05) is 24.3 Å². The largest absolute Gasteiger partial charge is 0.504 e. The van der Waals surface area contributed by atoms with Crippen LogP contribution in [-0.2, 0) is 4.79 Å². The smallest absolute Gasteiger partial charge is 0.194 e. The van der Waals surface area contributed by atoms with Crippen molar-refractivity contribution in [2.75, 3.05) is 14.2 Å². The highest BCUT2D eigenvalue weighted by atomic mass is 16.5. The maximum atomic E-state index is 13.3. The number of carbonyl (C=O) groups is 1. The summed E-state index contributed by atoms with van der Waals surface area (Å²) in [5.74, 6) is 0.636. The van der Waals surface area contributed by atoms with E-state index >= 15 is 0 Å². The summed E-state index contributed by atoms with van der Waals surface area (Å²) in [7, 11) is 2.97. The molecule has 150 valence electrons. The summed E-state index contributed by atoms with van der Waals surface area (Å²) in [6.45, 7) is 0. The first kappa shape index (κ1) is 19.3. The Morgan fingerprint density at radius 1 is 0.700 bits per heavy atom. The molecule has 0 heterocycles. The molecule has 0 aromatic heterocycles. The zero-order chi connectivity index (χ0) is 21.3. The standard InChI is InChI=1S/C25H20O5/c1-29-23-9-7-15(13-21(23)26)11-19-17-5-3-4-6-18(17)20(25(19)28)12-16-8-10-24(30-2)22(27)14-16/h3-14,26-27H,1-2H3. The predicted molar refractivity (Wildman–Crippen MR) is 117 cm³/mol. The summed E-state index contributed by atoms with van der Waals surface area (Å²) in [6.07, 6.45) is 3.51. The summed E-state index contributed by atoms with van der Waals surface area (Å²) in [6, 6.07) is 17.6. The lowest BCUT2D eigenvalue weighted by Crippen LogP contribution is -1.94. The van der Waals surface area contributed by atoms with Gasteiger partial charge in [-0.05, 0) is 58.7 Å². The van der Waals surface area contributed by atoms with Crippen molar-refractivity contribution in [2.24, 2.45) is 0 Å². The van der Waals surface area contributed by atoms with Crippen molar-refractivity contribution in [3.63, 3.8) is 0 Å². The minimum absolute atomic E-state index is 0.00931. The first-order valence-electron chi connectivity index (χ1n) is 9.33. The normalized spacial score (nSPS) is 15.5. The van der Waals surface area contributed by atoms with Crippen LogP contribution < -0.4 is 9.47 Å². The molecule has 0 fully saturated rings. The van der Waals surface area contributed by atoms with Gasteiger partial charge in [0.25, 0.3) is 0 Å². The Bertz CT molecular complexity index is 1110. The summed E-state index contributed by atoms with van der Waals surface area (Å²) in [4.78, 5) is 13.3. The second kappa shape index (κ2) is 7.79. The number of phenols is 2. The quantitative estimate of drug-likeness (QED) is 0.617. The van der Waals surface area contributed by atoms with Crippen LogP contribution in [0.2, 0.25) is 0 Å². The summed E-state index contributed by atoms with van der Waals surface area (Å²) in [5.41, 5.74) is 4.10. The molecule has 5 heteroatoms. The average molecular weight is 400 g/mol. The molecule has 3 aromatic rings. The summed E-state index contributed by atoms with van der Waals surface area (Å²) < 4.78 is 10.2. The molecule has 0 radical (unpaired) electrons. The van der Waals surface area contributed by atoms with E-state index in [1.54, 1.807) is 48.6 Å². The van der Waals surface area contributed by atoms with Gasteiger partial charge in [0.2, 0.25) is 0 Å². The highest BCUT2D eigenvalue weighted by molar-refractivity contribution is 6.51. The maximum absolute atomic E-state index is 13.3. The van der Waals surface area contributed by atoms with Crippen molar-refractivity contribution in [1.29, 1.82) is 0 Å². The SMILES string of the molecule is COc1ccc(C=C2C(=O)C(=Cc3ccc(OC)c(O)c3)c3ccccc32)cc1O. The van der Waals surface area contributed by atoms with E-state index in [-0.39, 0.29) is 17.3 Å². The molecule has 0 aliphatic heterocycles. The molecule has 0 saturated carbocycles. The Morgan fingerprint density at radius 3 is 1.50 bits per heavy atom. The van der Waals surface area contributed by atoms with Crippen molar-refractivity contribution in [2.45, 2.75) is 0 Å². The third-order valence-electron chi connectivity index (χ3n) is 5.02. The molecule has 1 aliphatic rings. The van der Waals surface area contributed by atoms with E-state index in [0.717, 1.165) is 11.1 Å². The molecule has 3 aromatic carbocycles. The van der Waals surface area contributed by atoms with E-state index in [4.69, 9.17) is 9.47 Å². The van der Waals surface area contributed by atoms with Crippen molar-refractivity contribution in [3.05, 3.63) is 82.9 Å². The fourth-order valence-corrected chi connectivity index (χ4v) is 3.56. The van der Waals surface area contributed by atoms with E-state index in [2.05, 4.69) is 0 Å². The van der Waals surface area contributed by atoms with E-state index < -0.39 is 0 Å². The van der Waals surface area contributed by atoms with Crippen molar-refractivity contribution in [1.82, 2.24) is 0 Å². The second-order valence-corrected chi connectivity index (χ2v) is 6.85. The Balaban J connectivity index is 1.80. The third kappa shape index (κ3) is 3.42. The number of aromatic hydroxyl groups is 2. The molecular formula is C25H20O5. The van der Waals surface area contributed by atoms with Gasteiger partial charge in [0.15, 0.2) is 28.8 Å². The average Bonchev–Trinajstić information content (AvgIpc) is 3.00. The van der Waals surface area contributed by atoms with Gasteiger partial charge in [-0.25, -0.2) is 0 Å². The first-order chi connectivity index (χ1) is 14.5. The van der Waals surface area contributed by atoms with Crippen molar-refractivity contribution in [3.8, 4) is 23.0 Å². The number of Topliss-reactive ketones (excluding diaryl/α,β-unsaturated/α-hetero) is 1. The number of methoxy groups -OCH3 is 2. The lowest BCUT2D eigenvalue weighted by Gasteiger charge is -2.05. The van der Waals surface area contributed by atoms with Gasteiger partial charge >= 0.3 is 0 Å². The van der Waals surface area contributed by atoms with Crippen LogP contribution in [0.3, 0.4) is 0 Å². The monoisotopic (exact) mass is 400 g/mol. The zero-order valence-corrected chi connectivity index (χ0v) is 16.5. The number of fused-ring (bicyclic) bond motifs is 1. The number of phenolic OH excluding ortho intramolecular Hbond substituents is 2. The first-order valence-corrected chi connectivity index (χ1v) is 9.33. The number of rotatable bonds is 4. The van der Waals surface area contributed by atoms with Crippen LogP contribution in [0.1, 0.15) is 22.3 Å². The molecule has 5 nitrogen and oxygen atoms in total. The number of ether oxygens (including phenoxy) is 2. The predicted octanol–water partition coefficient (Wildman–Crippen LogP) is 4.78. The maximum Gasteiger partial charge on any atom is 0.194 e. The summed E-state index contributed by atoms with van der Waals surface area (Å²) >= 11 is 0. The number of benzene rings is 3. The second-order valence-electron chi connectivity index (χ2n) is 6.85. The van der Waals surface area contributed by atoms with Gasteiger partial charge in [-0.1, -0.05) is 36.4 Å². The van der Waals surface area contributed by atoms with Gasteiger partial charge in [-0.15, -0.1) is 0 Å². The van der Waals surface area contributed by atoms with Gasteiger partial charge in [0.1, 0.15) is 0 Å². The molecule has 1 aliphatic carbocycles. The third-order valence-corrected chi connectivity index (χ3v) is 5.02. The van der Waals surface area contributed by atoms with E-state index in [9.17, 15) is 15.0 Å². The zero-order valence-electron chi connectivity index (χ0n) is 16.5. The van der Waals surface area contributed by atoms with Crippen LogP contribution in [-0.4, -0.2) is 30.2 Å². The highest BCUT2D eigenvalue weighted by Gasteiger charge is 2.29. The molecule has 2 N–H and O–H groups in total. The minimum Gasteiger partial charge on any atom is -0.504 e. The molecule has 0 bridgehead atoms. The van der Waals surface area contributed by atoms with Crippen molar-refractivity contribution >= 4 is 29.1 Å². The van der Waals surface area contributed by atoms with Crippen LogP contribution in [0, 0.1) is 0 Å². The number of carbonyl (C=O) groups excluding carboxylic acids is 1. The van der Waals surface area contributed by atoms with E-state index in [1.165, 1.54) is 14.2 Å². The van der Waals surface area contributed by atoms with Crippen LogP contribution in [0.4, 0.5) is 0 Å². The van der Waals surface area contributed by atoms with Crippen LogP contribution in [0.5, 0.6) is 23.0 Å². The fourth-order valence-electron chi connectivity index (χ4n) is 3.56. The van der Waals surface area contributed by atoms with Gasteiger partial charge in [-0.2, -0.15) is 0 Å². The number of ketones is 1. The Kier molecular flexibility index (Phi) is 5.02. The van der Waals surface area contributed by atoms with Crippen LogP contribution in [0.15, 0.2) is 60.7 Å². The van der Waals surface area contributed by atoms with Crippen LogP contribution in [0.25, 0.3) is 23.3 Å². The molecule has 0 saturated heterocycles. The highest BCUT2D eigenvalue weighted by Crippen LogP contribution is 2.40. The van der Waals surface area contributed by atoms with Gasteiger partial charge in [-0.3, -0.25) is 4.79 Å². The van der Waals surface area contributed by atoms with Gasteiger partial charge < -0.3 is 19.7 Å². The molecule has 0 amide bonds. The molecule has 0 atom stereocenters. The molecule has 0 spiro atoms. The molecule has 0 unspecified atom stereocenters. The molecular weight excluding hydrogens is 380 g/mol. The summed E-state index contributed by atoms with van der Waals surface area (Å²) in [5, 5.41) is 20.1. The number of hydrogen-bond donors (Lipinski definition) is 2. The van der Waals surface area contributed by atoms with Crippen molar-refractivity contribution < 1.29 is 24.5 Å². The Morgan fingerprint density at radius 2 is 1.13 bits per heavy atom. The minimum atomic E-state index is -0.123. The van der Waals surface area contributed by atoms with Crippen LogP contribution >= 0.6 is 0 Å².